The molecule has 9 nitrogen and oxygen atoms in total. The van der Waals surface area contributed by atoms with E-state index in [9.17, 15) is 14.4 Å². The lowest BCUT2D eigenvalue weighted by Gasteiger charge is -2.25. The summed E-state index contributed by atoms with van der Waals surface area (Å²) in [4.78, 5) is 42.5. The van der Waals surface area contributed by atoms with E-state index >= 15 is 0 Å². The van der Waals surface area contributed by atoms with E-state index < -0.39 is 24.6 Å². The molecule has 0 unspecified atom stereocenters. The summed E-state index contributed by atoms with van der Waals surface area (Å²) in [6.45, 7) is 3.14. The summed E-state index contributed by atoms with van der Waals surface area (Å²) in [6.07, 6.45) is 1.68. The Morgan fingerprint density at radius 3 is 2.69 bits per heavy atom. The molecule has 0 amide bonds. The van der Waals surface area contributed by atoms with Crippen molar-refractivity contribution in [3.63, 3.8) is 0 Å². The largest absolute Gasteiger partial charge is 0.496 e. The third kappa shape index (κ3) is 4.94. The number of hydrogen-bond donors (Lipinski definition) is 1. The van der Waals surface area contributed by atoms with E-state index in [0.29, 0.717) is 37.7 Å². The number of nitrogens with zero attached hydrogens (tertiary/aromatic N) is 2. The standard InChI is InChI=1S/C26H24N2O7S/c1-4-34-25(32)22-15(2)27-26-28(23(22)18-10-5-6-11-19(18)33-3)24(31)20(36-26)13-16-8-7-9-17(12-16)35-14-21(29)30/h5-13,23H,4,14H2,1-3H3,(H,29,30)/b20-13-/t23-/m1/s1. The molecule has 1 aliphatic heterocycles. The number of fused-ring (bicyclic) bond motifs is 1. The van der Waals surface area contributed by atoms with Crippen molar-refractivity contribution in [3.05, 3.63) is 90.6 Å². The summed E-state index contributed by atoms with van der Waals surface area (Å²) in [5.41, 5.74) is 1.68. The van der Waals surface area contributed by atoms with Gasteiger partial charge in [-0.05, 0) is 43.7 Å². The van der Waals surface area contributed by atoms with Crippen LogP contribution in [0.15, 0.2) is 69.6 Å². The minimum absolute atomic E-state index is 0.180. The quantitative estimate of drug-likeness (QED) is 0.464. The predicted molar refractivity (Wildman–Crippen MR) is 133 cm³/mol. The number of hydrogen-bond acceptors (Lipinski definition) is 8. The van der Waals surface area contributed by atoms with Crippen molar-refractivity contribution >= 4 is 29.4 Å². The van der Waals surface area contributed by atoms with Crippen molar-refractivity contribution in [2.75, 3.05) is 20.3 Å². The first kappa shape index (κ1) is 24.9. The molecule has 0 spiro atoms. The third-order valence-corrected chi connectivity index (χ3v) is 6.45. The maximum absolute atomic E-state index is 13.7. The van der Waals surface area contributed by atoms with Gasteiger partial charge in [-0.15, -0.1) is 0 Å². The summed E-state index contributed by atoms with van der Waals surface area (Å²) in [6, 6.07) is 13.2. The summed E-state index contributed by atoms with van der Waals surface area (Å²) in [5, 5.41) is 8.85. The number of carbonyl (C=O) groups excluding carboxylic acids is 1. The molecule has 1 N–H and O–H groups in total. The molecule has 0 saturated carbocycles. The second-order valence-electron chi connectivity index (χ2n) is 7.80. The Balaban J connectivity index is 1.89. The average molecular weight is 509 g/mol. The van der Waals surface area contributed by atoms with Gasteiger partial charge in [0, 0.05) is 5.56 Å². The van der Waals surface area contributed by atoms with E-state index in [1.165, 1.54) is 23.0 Å². The van der Waals surface area contributed by atoms with Gasteiger partial charge in [0.2, 0.25) is 0 Å². The minimum Gasteiger partial charge on any atom is -0.496 e. The smallest absolute Gasteiger partial charge is 0.341 e. The van der Waals surface area contributed by atoms with Gasteiger partial charge in [0.25, 0.3) is 5.56 Å². The molecular formula is C26H24N2O7S. The minimum atomic E-state index is -1.09. The van der Waals surface area contributed by atoms with Crippen molar-refractivity contribution in [2.24, 2.45) is 4.99 Å². The second-order valence-corrected chi connectivity index (χ2v) is 8.81. The summed E-state index contributed by atoms with van der Waals surface area (Å²) >= 11 is 1.19. The number of aliphatic carboxylic acids is 1. The number of allylic oxidation sites excluding steroid dienone is 1. The second kappa shape index (κ2) is 10.6. The van der Waals surface area contributed by atoms with Gasteiger partial charge in [0.05, 0.1) is 29.5 Å². The van der Waals surface area contributed by atoms with E-state index in [1.54, 1.807) is 50.3 Å². The van der Waals surface area contributed by atoms with E-state index in [0.717, 1.165) is 0 Å². The van der Waals surface area contributed by atoms with Crippen LogP contribution in [0.1, 0.15) is 31.0 Å². The molecule has 4 rings (SSSR count). The van der Waals surface area contributed by atoms with Crippen LogP contribution in [0, 0.1) is 0 Å². The van der Waals surface area contributed by atoms with E-state index in [2.05, 4.69) is 4.99 Å². The number of esters is 1. The molecule has 2 aromatic carbocycles. The van der Waals surface area contributed by atoms with Crippen molar-refractivity contribution in [2.45, 2.75) is 19.9 Å². The van der Waals surface area contributed by atoms with Crippen molar-refractivity contribution in [3.8, 4) is 11.5 Å². The SMILES string of the molecule is CCOC(=O)C1=C(C)N=c2s/c(=C\c3cccc(OCC(=O)O)c3)c(=O)n2[C@@H]1c1ccccc1OC. The molecule has 0 radical (unpaired) electrons. The van der Waals surface area contributed by atoms with E-state index in [1.807, 2.05) is 18.2 Å². The van der Waals surface area contributed by atoms with Crippen molar-refractivity contribution in [1.82, 2.24) is 4.57 Å². The highest BCUT2D eigenvalue weighted by molar-refractivity contribution is 7.07. The van der Waals surface area contributed by atoms with Crippen LogP contribution in [0.3, 0.4) is 0 Å². The van der Waals surface area contributed by atoms with E-state index in [-0.39, 0.29) is 17.7 Å². The Hall–Kier alpha value is -4.18. The lowest BCUT2D eigenvalue weighted by atomic mass is 9.95. The van der Waals surface area contributed by atoms with Gasteiger partial charge in [-0.3, -0.25) is 9.36 Å². The first-order valence-corrected chi connectivity index (χ1v) is 11.9. The number of ether oxygens (including phenoxy) is 3. The number of aromatic nitrogens is 1. The molecule has 0 bridgehead atoms. The zero-order valence-corrected chi connectivity index (χ0v) is 20.7. The lowest BCUT2D eigenvalue weighted by Crippen LogP contribution is -2.40. The third-order valence-electron chi connectivity index (χ3n) is 5.47. The van der Waals surface area contributed by atoms with Crippen molar-refractivity contribution < 1.29 is 28.9 Å². The fraction of sp³-hybridized carbons (Fsp3) is 0.231. The predicted octanol–water partition coefficient (Wildman–Crippen LogP) is 2.27. The first-order chi connectivity index (χ1) is 17.3. The molecule has 2 heterocycles. The molecule has 1 aliphatic rings. The number of rotatable bonds is 8. The Morgan fingerprint density at radius 1 is 1.19 bits per heavy atom. The number of para-hydroxylation sites is 1. The van der Waals surface area contributed by atoms with Crippen LogP contribution in [0.2, 0.25) is 0 Å². The molecule has 1 aromatic heterocycles. The molecule has 0 aliphatic carbocycles. The normalized spacial score (nSPS) is 15.2. The number of carbonyl (C=O) groups is 2. The Kier molecular flexibility index (Phi) is 7.35. The molecule has 10 heteroatoms. The van der Waals surface area contributed by atoms with Gasteiger partial charge in [-0.2, -0.15) is 0 Å². The molecule has 0 fully saturated rings. The molecule has 3 aromatic rings. The topological polar surface area (TPSA) is 116 Å². The van der Waals surface area contributed by atoms with Crippen LogP contribution >= 0.6 is 11.3 Å². The fourth-order valence-corrected chi connectivity index (χ4v) is 5.02. The van der Waals surface area contributed by atoms with Crippen LogP contribution in [-0.2, 0) is 14.3 Å². The maximum Gasteiger partial charge on any atom is 0.341 e. The van der Waals surface area contributed by atoms with Crippen LogP contribution in [0.5, 0.6) is 11.5 Å². The number of methoxy groups -OCH3 is 1. The van der Waals surface area contributed by atoms with Crippen LogP contribution in [0.4, 0.5) is 0 Å². The number of thiazole rings is 1. The Bertz CT molecular complexity index is 1530. The van der Waals surface area contributed by atoms with Gasteiger partial charge in [0.15, 0.2) is 11.4 Å². The average Bonchev–Trinajstić information content (AvgIpc) is 3.16. The van der Waals surface area contributed by atoms with Gasteiger partial charge < -0.3 is 19.3 Å². The monoisotopic (exact) mass is 508 g/mol. The van der Waals surface area contributed by atoms with Gasteiger partial charge in [-0.1, -0.05) is 41.7 Å². The zero-order chi connectivity index (χ0) is 25.8. The zero-order valence-electron chi connectivity index (χ0n) is 19.9. The van der Waals surface area contributed by atoms with Crippen LogP contribution in [0.25, 0.3) is 6.08 Å². The van der Waals surface area contributed by atoms with Crippen molar-refractivity contribution in [1.29, 1.82) is 0 Å². The molecular weight excluding hydrogens is 484 g/mol. The highest BCUT2D eigenvalue weighted by Crippen LogP contribution is 2.35. The number of benzene rings is 2. The molecule has 186 valence electrons. The molecule has 0 saturated heterocycles. The summed E-state index contributed by atoms with van der Waals surface area (Å²) in [7, 11) is 1.53. The highest BCUT2D eigenvalue weighted by atomic mass is 32.1. The van der Waals surface area contributed by atoms with Gasteiger partial charge >= 0.3 is 11.9 Å². The lowest BCUT2D eigenvalue weighted by molar-refractivity contribution is -0.140. The maximum atomic E-state index is 13.7. The highest BCUT2D eigenvalue weighted by Gasteiger charge is 2.34. The van der Waals surface area contributed by atoms with Crippen LogP contribution < -0.4 is 24.4 Å². The first-order valence-electron chi connectivity index (χ1n) is 11.1. The summed E-state index contributed by atoms with van der Waals surface area (Å²) < 4.78 is 18.0. The summed E-state index contributed by atoms with van der Waals surface area (Å²) in [5.74, 6) is -0.742. The van der Waals surface area contributed by atoms with Gasteiger partial charge in [-0.25, -0.2) is 14.6 Å². The molecule has 36 heavy (non-hydrogen) atoms. The number of carboxylic acid groups (broad SMARTS) is 1. The fourth-order valence-electron chi connectivity index (χ4n) is 3.97. The number of carboxylic acids is 1. The molecule has 1 atom stereocenters. The van der Waals surface area contributed by atoms with Crippen LogP contribution in [-0.4, -0.2) is 41.9 Å². The Morgan fingerprint density at radius 2 is 1.97 bits per heavy atom. The Labute approximate surface area is 210 Å². The van der Waals surface area contributed by atoms with E-state index in [4.69, 9.17) is 19.3 Å². The van der Waals surface area contributed by atoms with Gasteiger partial charge in [0.1, 0.15) is 17.5 Å².